The quantitative estimate of drug-likeness (QED) is 0.752. The van der Waals surface area contributed by atoms with Gasteiger partial charge in [0.1, 0.15) is 31.8 Å². The summed E-state index contributed by atoms with van der Waals surface area (Å²) in [6.45, 7) is -1.18. The number of carbonyl (C=O) groups is 1. The summed E-state index contributed by atoms with van der Waals surface area (Å²) in [6, 6.07) is 4.38. The molecule has 1 unspecified atom stereocenters. The lowest BCUT2D eigenvalue weighted by molar-refractivity contribution is -0.142. The highest BCUT2D eigenvalue weighted by Crippen LogP contribution is 2.33. The standard InChI is InChI=1S/C14H13Cl2F2N3O2/c1-14(5-17,6-18)12(22)13(21-8-19-7-20-21)23-11-3-2-9(15)4-10(11)16/h2-4,7-8,13H,5-6H2,1H3. The topological polar surface area (TPSA) is 57.0 Å². The van der Waals surface area contributed by atoms with Crippen molar-refractivity contribution in [3.05, 3.63) is 40.9 Å². The van der Waals surface area contributed by atoms with E-state index in [1.54, 1.807) is 0 Å². The Morgan fingerprint density at radius 2 is 2.09 bits per heavy atom. The van der Waals surface area contributed by atoms with Crippen LogP contribution in [0.1, 0.15) is 13.2 Å². The number of alkyl halides is 2. The third-order valence-corrected chi connectivity index (χ3v) is 3.75. The molecule has 0 radical (unpaired) electrons. The summed E-state index contributed by atoms with van der Waals surface area (Å²) in [4.78, 5) is 16.3. The number of nitrogens with zero attached hydrogens (tertiary/aromatic N) is 3. The minimum Gasteiger partial charge on any atom is -0.460 e. The molecule has 0 aliphatic carbocycles. The first-order valence-corrected chi connectivity index (χ1v) is 7.29. The van der Waals surface area contributed by atoms with Gasteiger partial charge in [-0.05, 0) is 25.1 Å². The highest BCUT2D eigenvalue weighted by atomic mass is 35.5. The van der Waals surface area contributed by atoms with Crippen LogP contribution in [0.4, 0.5) is 8.78 Å². The zero-order valence-electron chi connectivity index (χ0n) is 12.0. The summed E-state index contributed by atoms with van der Waals surface area (Å²) >= 11 is 11.8. The van der Waals surface area contributed by atoms with Crippen molar-refractivity contribution in [3.8, 4) is 5.75 Å². The molecule has 0 saturated heterocycles. The number of Topliss-reactive ketones (excluding diaryl/α,β-unsaturated/α-hetero) is 1. The molecule has 2 rings (SSSR count). The van der Waals surface area contributed by atoms with Crippen molar-refractivity contribution >= 4 is 29.0 Å². The van der Waals surface area contributed by atoms with Gasteiger partial charge in [-0.2, -0.15) is 5.10 Å². The average molecular weight is 364 g/mol. The van der Waals surface area contributed by atoms with Crippen LogP contribution in [0.25, 0.3) is 0 Å². The molecule has 0 amide bonds. The van der Waals surface area contributed by atoms with Gasteiger partial charge in [-0.25, -0.2) is 18.4 Å². The van der Waals surface area contributed by atoms with Crippen molar-refractivity contribution in [1.82, 2.24) is 14.8 Å². The Hall–Kier alpha value is -1.73. The van der Waals surface area contributed by atoms with E-state index in [2.05, 4.69) is 10.1 Å². The SMILES string of the molecule is CC(CF)(CF)C(=O)C(Oc1ccc(Cl)cc1Cl)n1cncn1. The molecule has 9 heteroatoms. The second kappa shape index (κ2) is 7.23. The van der Waals surface area contributed by atoms with Crippen molar-refractivity contribution in [1.29, 1.82) is 0 Å². The van der Waals surface area contributed by atoms with Crippen LogP contribution in [0.15, 0.2) is 30.9 Å². The Bertz CT molecular complexity index is 679. The maximum absolute atomic E-state index is 13.2. The van der Waals surface area contributed by atoms with Crippen LogP contribution in [-0.4, -0.2) is 33.9 Å². The third-order valence-electron chi connectivity index (χ3n) is 3.22. The van der Waals surface area contributed by atoms with Crippen LogP contribution in [0.5, 0.6) is 5.75 Å². The van der Waals surface area contributed by atoms with Gasteiger partial charge in [0, 0.05) is 5.02 Å². The lowest BCUT2D eigenvalue weighted by Gasteiger charge is -2.27. The van der Waals surface area contributed by atoms with E-state index in [0.717, 1.165) is 4.68 Å². The number of ether oxygens (including phenoxy) is 1. The van der Waals surface area contributed by atoms with Gasteiger partial charge in [0.25, 0.3) is 6.23 Å². The van der Waals surface area contributed by atoms with Crippen molar-refractivity contribution in [2.75, 3.05) is 13.3 Å². The predicted molar refractivity (Wildman–Crippen MR) is 81.2 cm³/mol. The minimum absolute atomic E-state index is 0.130. The number of halogens is 4. The molecule has 0 fully saturated rings. The maximum Gasteiger partial charge on any atom is 0.252 e. The first-order valence-electron chi connectivity index (χ1n) is 6.53. The summed E-state index contributed by atoms with van der Waals surface area (Å²) in [5.41, 5.74) is -1.85. The van der Waals surface area contributed by atoms with Gasteiger partial charge >= 0.3 is 0 Å². The van der Waals surface area contributed by atoms with Gasteiger partial charge in [-0.15, -0.1) is 0 Å². The summed E-state index contributed by atoms with van der Waals surface area (Å²) in [5, 5.41) is 4.34. The largest absolute Gasteiger partial charge is 0.460 e. The van der Waals surface area contributed by atoms with E-state index in [-0.39, 0.29) is 10.8 Å². The number of rotatable bonds is 7. The van der Waals surface area contributed by atoms with E-state index >= 15 is 0 Å². The number of ketones is 1. The molecule has 1 aromatic carbocycles. The zero-order chi connectivity index (χ0) is 17.0. The van der Waals surface area contributed by atoms with Crippen LogP contribution in [0, 0.1) is 5.41 Å². The van der Waals surface area contributed by atoms with E-state index in [9.17, 15) is 13.6 Å². The second-order valence-electron chi connectivity index (χ2n) is 5.11. The second-order valence-corrected chi connectivity index (χ2v) is 5.96. The van der Waals surface area contributed by atoms with E-state index < -0.39 is 30.8 Å². The molecule has 0 spiro atoms. The Morgan fingerprint density at radius 1 is 1.39 bits per heavy atom. The molecule has 1 aromatic heterocycles. The highest BCUT2D eigenvalue weighted by molar-refractivity contribution is 6.35. The van der Waals surface area contributed by atoms with Crippen molar-refractivity contribution in [2.24, 2.45) is 5.41 Å². The zero-order valence-corrected chi connectivity index (χ0v) is 13.6. The van der Waals surface area contributed by atoms with Crippen LogP contribution < -0.4 is 4.74 Å². The third kappa shape index (κ3) is 3.79. The normalized spacial score (nSPS) is 12.9. The fraction of sp³-hybridized carbons (Fsp3) is 0.357. The fourth-order valence-electron chi connectivity index (χ4n) is 1.72. The number of hydrogen-bond donors (Lipinski definition) is 0. The van der Waals surface area contributed by atoms with Gasteiger partial charge in [-0.1, -0.05) is 23.2 Å². The van der Waals surface area contributed by atoms with Crippen molar-refractivity contribution in [2.45, 2.75) is 13.2 Å². The van der Waals surface area contributed by atoms with Crippen LogP contribution in [0.3, 0.4) is 0 Å². The van der Waals surface area contributed by atoms with Crippen LogP contribution in [-0.2, 0) is 4.79 Å². The molecular weight excluding hydrogens is 351 g/mol. The smallest absolute Gasteiger partial charge is 0.252 e. The van der Waals surface area contributed by atoms with Gasteiger partial charge in [0.2, 0.25) is 5.78 Å². The molecule has 1 atom stereocenters. The summed E-state index contributed by atoms with van der Waals surface area (Å²) in [5.74, 6) is -0.691. The molecule has 1 heterocycles. The molecule has 2 aromatic rings. The van der Waals surface area contributed by atoms with E-state index in [4.69, 9.17) is 27.9 Å². The number of benzene rings is 1. The predicted octanol–water partition coefficient (Wildman–Crippen LogP) is 3.68. The molecule has 124 valence electrons. The first-order chi connectivity index (χ1) is 10.9. The minimum atomic E-state index is -1.85. The first kappa shape index (κ1) is 17.6. The Labute approximate surface area is 141 Å². The summed E-state index contributed by atoms with van der Waals surface area (Å²) in [7, 11) is 0. The molecule has 0 saturated carbocycles. The fourth-order valence-corrected chi connectivity index (χ4v) is 2.18. The lowest BCUT2D eigenvalue weighted by atomic mass is 9.87. The molecule has 0 N–H and O–H groups in total. The Balaban J connectivity index is 2.38. The van der Waals surface area contributed by atoms with Crippen LogP contribution >= 0.6 is 23.2 Å². The number of hydrogen-bond acceptors (Lipinski definition) is 4. The monoisotopic (exact) mass is 363 g/mol. The Kier molecular flexibility index (Phi) is 5.54. The van der Waals surface area contributed by atoms with Crippen LogP contribution in [0.2, 0.25) is 10.0 Å². The van der Waals surface area contributed by atoms with Gasteiger partial charge in [-0.3, -0.25) is 4.79 Å². The lowest BCUT2D eigenvalue weighted by Crippen LogP contribution is -2.41. The number of carbonyl (C=O) groups excluding carboxylic acids is 1. The van der Waals surface area contributed by atoms with E-state index in [1.807, 2.05) is 0 Å². The molecule has 0 aliphatic heterocycles. The molecule has 0 bridgehead atoms. The molecule has 23 heavy (non-hydrogen) atoms. The average Bonchev–Trinajstić information content (AvgIpc) is 3.07. The van der Waals surface area contributed by atoms with Crippen molar-refractivity contribution < 1.29 is 18.3 Å². The van der Waals surface area contributed by atoms with Gasteiger partial charge in [0.05, 0.1) is 10.4 Å². The number of aromatic nitrogens is 3. The molecule has 5 nitrogen and oxygen atoms in total. The van der Waals surface area contributed by atoms with E-state index in [1.165, 1.54) is 37.8 Å². The highest BCUT2D eigenvalue weighted by Gasteiger charge is 2.41. The summed E-state index contributed by atoms with van der Waals surface area (Å²) in [6.07, 6.45) is 0.978. The summed E-state index contributed by atoms with van der Waals surface area (Å²) < 4.78 is 32.9. The van der Waals surface area contributed by atoms with E-state index in [0.29, 0.717) is 5.02 Å². The Morgan fingerprint density at radius 3 is 2.61 bits per heavy atom. The molecular formula is C14H13Cl2F2N3O2. The van der Waals surface area contributed by atoms with Gasteiger partial charge in [0.15, 0.2) is 0 Å². The maximum atomic E-state index is 13.2. The van der Waals surface area contributed by atoms with Gasteiger partial charge < -0.3 is 4.74 Å². The van der Waals surface area contributed by atoms with Crippen molar-refractivity contribution in [3.63, 3.8) is 0 Å². The molecule has 0 aliphatic rings.